The van der Waals surface area contributed by atoms with Crippen LogP contribution in [-0.4, -0.2) is 33.4 Å². The van der Waals surface area contributed by atoms with Gasteiger partial charge in [0.2, 0.25) is 0 Å². The second-order valence-corrected chi connectivity index (χ2v) is 7.32. The number of hydrogen-bond acceptors (Lipinski definition) is 4. The summed E-state index contributed by atoms with van der Waals surface area (Å²) in [5, 5.41) is 2.97. The maximum atomic E-state index is 12.9. The molecule has 20 heavy (non-hydrogen) atoms. The smallest absolute Gasteiger partial charge is 0.186 e. The van der Waals surface area contributed by atoms with E-state index in [0.29, 0.717) is 10.6 Å². The minimum Gasteiger partial charge on any atom is -0.495 e. The first-order chi connectivity index (χ1) is 9.61. The monoisotopic (exact) mass is 297 g/mol. The van der Waals surface area contributed by atoms with Gasteiger partial charge in [-0.15, -0.1) is 0 Å². The molecular formula is C15H23NO3S. The van der Waals surface area contributed by atoms with Gasteiger partial charge in [-0.1, -0.05) is 31.9 Å². The molecule has 1 N–H and O–H groups in total. The van der Waals surface area contributed by atoms with Gasteiger partial charge in [-0.2, -0.15) is 0 Å². The summed E-state index contributed by atoms with van der Waals surface area (Å²) in [6.07, 6.45) is 3.71. The Labute approximate surface area is 121 Å². The van der Waals surface area contributed by atoms with Gasteiger partial charge in [0.05, 0.1) is 12.4 Å². The summed E-state index contributed by atoms with van der Waals surface area (Å²) in [5.74, 6) is 0.438. The molecule has 0 bridgehead atoms. The summed E-state index contributed by atoms with van der Waals surface area (Å²) in [4.78, 5) is 0.317. The van der Waals surface area contributed by atoms with E-state index in [4.69, 9.17) is 4.74 Å². The first kappa shape index (κ1) is 15.3. The van der Waals surface area contributed by atoms with Gasteiger partial charge in [-0.05, 0) is 31.5 Å². The molecule has 5 heteroatoms. The lowest BCUT2D eigenvalue weighted by molar-refractivity contribution is 0.373. The molecule has 1 aromatic carbocycles. The maximum absolute atomic E-state index is 12.9. The van der Waals surface area contributed by atoms with Crippen LogP contribution in [-0.2, 0) is 9.84 Å². The predicted octanol–water partition coefficient (Wildman–Crippen LogP) is 2.39. The molecule has 0 spiro atoms. The van der Waals surface area contributed by atoms with E-state index in [-0.39, 0.29) is 11.3 Å². The van der Waals surface area contributed by atoms with Gasteiger partial charge in [0, 0.05) is 6.04 Å². The van der Waals surface area contributed by atoms with Crippen molar-refractivity contribution in [2.24, 2.45) is 0 Å². The molecule has 0 saturated heterocycles. The van der Waals surface area contributed by atoms with Crippen molar-refractivity contribution in [3.63, 3.8) is 0 Å². The zero-order chi connectivity index (χ0) is 14.6. The highest BCUT2D eigenvalue weighted by atomic mass is 32.2. The van der Waals surface area contributed by atoms with E-state index in [2.05, 4.69) is 5.32 Å². The van der Waals surface area contributed by atoms with Crippen LogP contribution in [0.15, 0.2) is 29.2 Å². The molecule has 1 aliphatic rings. The Morgan fingerprint density at radius 2 is 1.95 bits per heavy atom. The number of rotatable bonds is 5. The Kier molecular flexibility index (Phi) is 5.05. The Hall–Kier alpha value is -1.07. The number of nitrogens with one attached hydrogen (secondary N) is 1. The van der Waals surface area contributed by atoms with Crippen molar-refractivity contribution in [1.82, 2.24) is 5.32 Å². The van der Waals surface area contributed by atoms with E-state index in [9.17, 15) is 8.42 Å². The van der Waals surface area contributed by atoms with E-state index < -0.39 is 9.84 Å². The molecule has 1 saturated carbocycles. The van der Waals surface area contributed by atoms with Crippen molar-refractivity contribution in [2.45, 2.75) is 48.8 Å². The van der Waals surface area contributed by atoms with Gasteiger partial charge in [-0.25, -0.2) is 8.42 Å². The number of ether oxygens (including phenoxy) is 1. The van der Waals surface area contributed by atoms with Crippen LogP contribution in [0, 0.1) is 0 Å². The molecule has 2 unspecified atom stereocenters. The lowest BCUT2D eigenvalue weighted by Crippen LogP contribution is -2.46. The van der Waals surface area contributed by atoms with Gasteiger partial charge in [0.25, 0.3) is 0 Å². The third-order valence-corrected chi connectivity index (χ3v) is 6.25. The quantitative estimate of drug-likeness (QED) is 0.906. The van der Waals surface area contributed by atoms with Crippen LogP contribution in [0.4, 0.5) is 0 Å². The molecule has 0 radical (unpaired) electrons. The Bertz CT molecular complexity index is 540. The van der Waals surface area contributed by atoms with Gasteiger partial charge in [0.15, 0.2) is 9.84 Å². The van der Waals surface area contributed by atoms with Crippen molar-refractivity contribution in [3.05, 3.63) is 24.3 Å². The third-order valence-electron chi connectivity index (χ3n) is 3.94. The predicted molar refractivity (Wildman–Crippen MR) is 79.9 cm³/mol. The second-order valence-electron chi connectivity index (χ2n) is 5.18. The van der Waals surface area contributed by atoms with E-state index >= 15 is 0 Å². The summed E-state index contributed by atoms with van der Waals surface area (Å²) < 4.78 is 31.1. The summed E-state index contributed by atoms with van der Waals surface area (Å²) in [5.41, 5.74) is 0. The fourth-order valence-electron chi connectivity index (χ4n) is 2.98. The van der Waals surface area contributed by atoms with Crippen LogP contribution in [0.25, 0.3) is 0 Å². The fraction of sp³-hybridized carbons (Fsp3) is 0.600. The standard InChI is InChI=1S/C15H23NO3S/c1-3-16-12-8-4-6-10-14(12)20(17,18)15-11-7-5-9-13(15)19-2/h5,7,9,11-12,14,16H,3-4,6,8,10H2,1-2H3. The van der Waals surface area contributed by atoms with Gasteiger partial charge >= 0.3 is 0 Å². The van der Waals surface area contributed by atoms with Crippen LogP contribution in [0.5, 0.6) is 5.75 Å². The van der Waals surface area contributed by atoms with Crippen molar-refractivity contribution in [3.8, 4) is 5.75 Å². The molecule has 0 amide bonds. The average molecular weight is 297 g/mol. The zero-order valence-corrected chi connectivity index (χ0v) is 12.9. The third kappa shape index (κ3) is 2.99. The maximum Gasteiger partial charge on any atom is 0.186 e. The molecule has 1 aromatic rings. The van der Waals surface area contributed by atoms with Crippen LogP contribution >= 0.6 is 0 Å². The lowest BCUT2D eigenvalue weighted by Gasteiger charge is -2.32. The minimum atomic E-state index is -3.36. The number of benzene rings is 1. The van der Waals surface area contributed by atoms with Gasteiger partial charge in [0.1, 0.15) is 10.6 Å². The van der Waals surface area contributed by atoms with Crippen LogP contribution in [0.3, 0.4) is 0 Å². The Balaban J connectivity index is 2.37. The topological polar surface area (TPSA) is 55.4 Å². The molecule has 2 atom stereocenters. The minimum absolute atomic E-state index is 0.0451. The number of sulfone groups is 1. The van der Waals surface area contributed by atoms with Gasteiger partial charge < -0.3 is 10.1 Å². The average Bonchev–Trinajstić information content (AvgIpc) is 2.48. The van der Waals surface area contributed by atoms with Crippen molar-refractivity contribution in [1.29, 1.82) is 0 Å². The number of hydrogen-bond donors (Lipinski definition) is 1. The Morgan fingerprint density at radius 3 is 2.65 bits per heavy atom. The highest BCUT2D eigenvalue weighted by molar-refractivity contribution is 7.92. The van der Waals surface area contributed by atoms with Crippen LogP contribution in [0.2, 0.25) is 0 Å². The number of para-hydroxylation sites is 1. The lowest BCUT2D eigenvalue weighted by atomic mass is 9.95. The molecular weight excluding hydrogens is 274 g/mol. The van der Waals surface area contributed by atoms with Crippen molar-refractivity contribution < 1.29 is 13.2 Å². The van der Waals surface area contributed by atoms with Crippen LogP contribution < -0.4 is 10.1 Å². The van der Waals surface area contributed by atoms with E-state index in [1.807, 2.05) is 6.92 Å². The Morgan fingerprint density at radius 1 is 1.25 bits per heavy atom. The molecule has 4 nitrogen and oxygen atoms in total. The summed E-state index contributed by atoms with van der Waals surface area (Å²) in [6, 6.07) is 6.94. The van der Waals surface area contributed by atoms with Gasteiger partial charge in [-0.3, -0.25) is 0 Å². The summed E-state index contributed by atoms with van der Waals surface area (Å²) in [7, 11) is -1.85. The number of methoxy groups -OCH3 is 1. The summed E-state index contributed by atoms with van der Waals surface area (Å²) >= 11 is 0. The first-order valence-corrected chi connectivity index (χ1v) is 8.76. The zero-order valence-electron chi connectivity index (χ0n) is 12.1. The first-order valence-electron chi connectivity index (χ1n) is 7.21. The molecule has 0 heterocycles. The largest absolute Gasteiger partial charge is 0.495 e. The van der Waals surface area contributed by atoms with Crippen molar-refractivity contribution >= 4 is 9.84 Å². The molecule has 0 aromatic heterocycles. The highest BCUT2D eigenvalue weighted by Gasteiger charge is 2.37. The molecule has 0 aliphatic heterocycles. The molecule has 1 aliphatic carbocycles. The SMILES string of the molecule is CCNC1CCCCC1S(=O)(=O)c1ccccc1OC. The van der Waals surface area contributed by atoms with E-state index in [0.717, 1.165) is 32.2 Å². The van der Waals surface area contributed by atoms with Crippen LogP contribution in [0.1, 0.15) is 32.6 Å². The second kappa shape index (κ2) is 6.59. The molecule has 2 rings (SSSR count). The molecule has 1 fully saturated rings. The fourth-order valence-corrected chi connectivity index (χ4v) is 5.15. The molecule has 112 valence electrons. The highest BCUT2D eigenvalue weighted by Crippen LogP contribution is 2.33. The van der Waals surface area contributed by atoms with E-state index in [1.165, 1.54) is 7.11 Å². The normalized spacial score (nSPS) is 23.5. The van der Waals surface area contributed by atoms with E-state index in [1.54, 1.807) is 24.3 Å². The summed E-state index contributed by atoms with van der Waals surface area (Å²) in [6.45, 7) is 2.81. The van der Waals surface area contributed by atoms with Crippen molar-refractivity contribution in [2.75, 3.05) is 13.7 Å².